The minimum atomic E-state index is 0.240. The third kappa shape index (κ3) is 4.26. The van der Waals surface area contributed by atoms with Gasteiger partial charge in [0.25, 0.3) is 0 Å². The van der Waals surface area contributed by atoms with Crippen molar-refractivity contribution in [2.75, 3.05) is 39.3 Å². The van der Waals surface area contributed by atoms with Gasteiger partial charge in [0.05, 0.1) is 12.5 Å². The summed E-state index contributed by atoms with van der Waals surface area (Å²) in [7, 11) is 0. The zero-order valence-corrected chi connectivity index (χ0v) is 16.7. The molecule has 144 valence electrons. The minimum Gasteiger partial charge on any atom is -0.342 e. The summed E-state index contributed by atoms with van der Waals surface area (Å²) in [5.41, 5.74) is 0. The normalized spacial score (nSPS) is 26.5. The number of piperidine rings is 2. The van der Waals surface area contributed by atoms with Crippen molar-refractivity contribution in [2.45, 2.75) is 58.0 Å². The second-order valence-electron chi connectivity index (χ2n) is 8.09. The van der Waals surface area contributed by atoms with Crippen LogP contribution >= 0.6 is 11.3 Å². The number of nitrogens with zero attached hydrogens (tertiary/aromatic N) is 5. The first-order valence-electron chi connectivity index (χ1n) is 10.2. The molecular weight excluding hydrogens is 346 g/mol. The smallest absolute Gasteiger partial charge is 0.226 e. The van der Waals surface area contributed by atoms with E-state index in [0.717, 1.165) is 55.7 Å². The molecule has 3 aliphatic heterocycles. The lowest BCUT2D eigenvalue weighted by atomic mass is 9.93. The van der Waals surface area contributed by atoms with Crippen LogP contribution in [0.2, 0.25) is 0 Å². The van der Waals surface area contributed by atoms with Crippen LogP contribution in [0, 0.1) is 12.8 Å². The maximum atomic E-state index is 12.8. The predicted octanol–water partition coefficient (Wildman–Crippen LogP) is 2.15. The predicted molar refractivity (Wildman–Crippen MR) is 103 cm³/mol. The molecule has 1 aromatic rings. The SMILES string of the molecule is Cc1nnc(CN2CCC(N3CCCC(C(=O)N4CCCC4)C3)CC2)s1. The van der Waals surface area contributed by atoms with E-state index in [4.69, 9.17) is 0 Å². The maximum Gasteiger partial charge on any atom is 0.226 e. The van der Waals surface area contributed by atoms with Gasteiger partial charge in [0.2, 0.25) is 5.91 Å². The van der Waals surface area contributed by atoms with Gasteiger partial charge in [0.15, 0.2) is 0 Å². The van der Waals surface area contributed by atoms with Gasteiger partial charge in [-0.1, -0.05) is 0 Å². The molecule has 0 spiro atoms. The average Bonchev–Trinajstić information content (AvgIpc) is 3.34. The average molecular weight is 378 g/mol. The molecular formula is C19H31N5OS. The molecule has 0 aliphatic carbocycles. The van der Waals surface area contributed by atoms with Crippen LogP contribution in [0.15, 0.2) is 0 Å². The van der Waals surface area contributed by atoms with Crippen LogP contribution in [0.1, 0.15) is 48.5 Å². The Morgan fingerprint density at radius 2 is 1.81 bits per heavy atom. The second kappa shape index (κ2) is 8.31. The number of rotatable bonds is 4. The van der Waals surface area contributed by atoms with Crippen molar-refractivity contribution >= 4 is 17.2 Å². The van der Waals surface area contributed by atoms with E-state index in [2.05, 4.69) is 24.9 Å². The standard InChI is InChI=1S/C19H31N5OS/c1-15-20-21-18(26-15)14-22-11-6-17(7-12-22)24-10-4-5-16(13-24)19(25)23-8-2-3-9-23/h16-17H,2-14H2,1H3. The Labute approximate surface area is 160 Å². The summed E-state index contributed by atoms with van der Waals surface area (Å²) in [6.07, 6.45) is 7.06. The molecule has 7 heteroatoms. The van der Waals surface area contributed by atoms with Crippen molar-refractivity contribution in [1.29, 1.82) is 0 Å². The Kier molecular flexibility index (Phi) is 5.86. The minimum absolute atomic E-state index is 0.240. The van der Waals surface area contributed by atoms with Crippen molar-refractivity contribution in [3.8, 4) is 0 Å². The van der Waals surface area contributed by atoms with Crippen molar-refractivity contribution in [3.05, 3.63) is 10.0 Å². The Morgan fingerprint density at radius 3 is 2.50 bits per heavy atom. The lowest BCUT2D eigenvalue weighted by Crippen LogP contribution is -2.51. The van der Waals surface area contributed by atoms with E-state index >= 15 is 0 Å². The lowest BCUT2D eigenvalue weighted by molar-refractivity contribution is -0.136. The highest BCUT2D eigenvalue weighted by atomic mass is 32.1. The van der Waals surface area contributed by atoms with Crippen LogP contribution in [-0.2, 0) is 11.3 Å². The van der Waals surface area contributed by atoms with Crippen LogP contribution in [0.5, 0.6) is 0 Å². The van der Waals surface area contributed by atoms with Gasteiger partial charge in [-0.3, -0.25) is 14.6 Å². The van der Waals surface area contributed by atoms with Crippen LogP contribution in [0.25, 0.3) is 0 Å². The zero-order valence-electron chi connectivity index (χ0n) is 15.9. The van der Waals surface area contributed by atoms with Gasteiger partial charge in [0, 0.05) is 38.8 Å². The van der Waals surface area contributed by atoms with Crippen LogP contribution in [0.4, 0.5) is 0 Å². The molecule has 1 unspecified atom stereocenters. The number of amides is 1. The molecule has 4 heterocycles. The number of aryl methyl sites for hydroxylation is 1. The summed E-state index contributed by atoms with van der Waals surface area (Å²) in [6.45, 7) is 9.34. The van der Waals surface area contributed by atoms with Crippen molar-refractivity contribution in [3.63, 3.8) is 0 Å². The highest BCUT2D eigenvalue weighted by molar-refractivity contribution is 7.11. The molecule has 26 heavy (non-hydrogen) atoms. The molecule has 0 aromatic carbocycles. The highest BCUT2D eigenvalue weighted by Crippen LogP contribution is 2.26. The number of hydrogen-bond donors (Lipinski definition) is 0. The summed E-state index contributed by atoms with van der Waals surface area (Å²) in [5, 5.41) is 10.6. The fourth-order valence-electron chi connectivity index (χ4n) is 4.77. The fourth-order valence-corrected chi connectivity index (χ4v) is 5.52. The van der Waals surface area contributed by atoms with E-state index in [1.165, 1.54) is 38.6 Å². The van der Waals surface area contributed by atoms with Crippen molar-refractivity contribution < 1.29 is 4.79 Å². The first-order valence-corrected chi connectivity index (χ1v) is 11.0. The lowest BCUT2D eigenvalue weighted by Gasteiger charge is -2.42. The van der Waals surface area contributed by atoms with E-state index < -0.39 is 0 Å². The summed E-state index contributed by atoms with van der Waals surface area (Å²) in [5.74, 6) is 0.667. The molecule has 3 fully saturated rings. The van der Waals surface area contributed by atoms with E-state index in [-0.39, 0.29) is 5.92 Å². The monoisotopic (exact) mass is 377 g/mol. The van der Waals surface area contributed by atoms with Crippen molar-refractivity contribution in [2.24, 2.45) is 5.92 Å². The largest absolute Gasteiger partial charge is 0.342 e. The summed E-state index contributed by atoms with van der Waals surface area (Å²) >= 11 is 1.71. The fraction of sp³-hybridized carbons (Fsp3) is 0.842. The van der Waals surface area contributed by atoms with Gasteiger partial charge in [-0.25, -0.2) is 0 Å². The molecule has 6 nitrogen and oxygen atoms in total. The zero-order chi connectivity index (χ0) is 17.9. The molecule has 0 saturated carbocycles. The van der Waals surface area contributed by atoms with Gasteiger partial charge in [0.1, 0.15) is 10.0 Å². The topological polar surface area (TPSA) is 52.6 Å². The van der Waals surface area contributed by atoms with Gasteiger partial charge in [-0.2, -0.15) is 0 Å². The molecule has 0 radical (unpaired) electrons. The number of hydrogen-bond acceptors (Lipinski definition) is 6. The van der Waals surface area contributed by atoms with Crippen LogP contribution in [0.3, 0.4) is 0 Å². The third-order valence-electron chi connectivity index (χ3n) is 6.22. The van der Waals surface area contributed by atoms with E-state index in [1.54, 1.807) is 11.3 Å². The summed E-state index contributed by atoms with van der Waals surface area (Å²) < 4.78 is 0. The third-order valence-corrected chi connectivity index (χ3v) is 7.04. The molecule has 4 rings (SSSR count). The summed E-state index contributed by atoms with van der Waals surface area (Å²) in [6, 6.07) is 0.650. The maximum absolute atomic E-state index is 12.8. The Bertz CT molecular complexity index is 607. The van der Waals surface area contributed by atoms with Crippen molar-refractivity contribution in [1.82, 2.24) is 24.9 Å². The molecule has 1 atom stereocenters. The Balaban J connectivity index is 1.26. The van der Waals surface area contributed by atoms with E-state index in [9.17, 15) is 4.79 Å². The van der Waals surface area contributed by atoms with E-state index in [0.29, 0.717) is 11.9 Å². The Hall–Kier alpha value is -1.05. The number of likely N-dealkylation sites (tertiary alicyclic amines) is 3. The van der Waals surface area contributed by atoms with Crippen LogP contribution in [-0.4, -0.2) is 76.1 Å². The second-order valence-corrected chi connectivity index (χ2v) is 9.35. The summed E-state index contributed by atoms with van der Waals surface area (Å²) in [4.78, 5) is 20.0. The molecule has 0 bridgehead atoms. The quantitative estimate of drug-likeness (QED) is 0.805. The van der Waals surface area contributed by atoms with Gasteiger partial charge in [-0.05, 0) is 52.0 Å². The van der Waals surface area contributed by atoms with E-state index in [1.807, 2.05) is 6.92 Å². The molecule has 0 N–H and O–H groups in total. The molecule has 3 saturated heterocycles. The molecule has 3 aliphatic rings. The molecule has 1 aromatic heterocycles. The van der Waals surface area contributed by atoms with Crippen LogP contribution < -0.4 is 0 Å². The Morgan fingerprint density at radius 1 is 1.04 bits per heavy atom. The van der Waals surface area contributed by atoms with Gasteiger partial charge < -0.3 is 4.90 Å². The first-order chi connectivity index (χ1) is 12.7. The van der Waals surface area contributed by atoms with Gasteiger partial charge >= 0.3 is 0 Å². The number of aromatic nitrogens is 2. The molecule has 1 amide bonds. The van der Waals surface area contributed by atoms with Gasteiger partial charge in [-0.15, -0.1) is 21.5 Å². The highest BCUT2D eigenvalue weighted by Gasteiger charge is 2.34. The number of carbonyl (C=O) groups is 1. The first kappa shape index (κ1) is 18.3. The number of carbonyl (C=O) groups excluding carboxylic acids is 1.